The first-order chi connectivity index (χ1) is 20.3. The molecule has 5 aromatic rings. The summed E-state index contributed by atoms with van der Waals surface area (Å²) in [4.78, 5) is 10.1. The van der Waals surface area contributed by atoms with Crippen LogP contribution in [0, 0.1) is 18.3 Å². The molecular formula is C30H27F2N7O3. The number of hydrogen-bond acceptors (Lipinski definition) is 9. The molecule has 1 fully saturated rings. The summed E-state index contributed by atoms with van der Waals surface area (Å²) in [7, 11) is 3.03. The fourth-order valence-electron chi connectivity index (χ4n) is 5.05. The van der Waals surface area contributed by atoms with Gasteiger partial charge in [0.2, 0.25) is 0 Å². The Morgan fingerprint density at radius 2 is 2.00 bits per heavy atom. The van der Waals surface area contributed by atoms with E-state index in [1.54, 1.807) is 41.0 Å². The summed E-state index contributed by atoms with van der Waals surface area (Å²) in [6.07, 6.45) is 5.06. The van der Waals surface area contributed by atoms with Gasteiger partial charge >= 0.3 is 0 Å². The van der Waals surface area contributed by atoms with Crippen molar-refractivity contribution in [3.63, 3.8) is 0 Å². The lowest BCUT2D eigenvalue weighted by Crippen LogP contribution is -2.52. The third-order valence-corrected chi connectivity index (χ3v) is 7.17. The molecule has 1 N–H and O–H groups in total. The molecule has 214 valence electrons. The quantitative estimate of drug-likeness (QED) is 0.262. The van der Waals surface area contributed by atoms with E-state index in [2.05, 4.69) is 26.5 Å². The number of likely N-dealkylation sites (tertiary alicyclic amines) is 1. The number of fused-ring (bicyclic) bond motifs is 2. The first kappa shape index (κ1) is 27.2. The summed E-state index contributed by atoms with van der Waals surface area (Å²) >= 11 is 0. The molecule has 1 aliphatic heterocycles. The molecule has 10 nitrogen and oxygen atoms in total. The number of aromatic nitrogens is 4. The molecule has 0 aliphatic carbocycles. The van der Waals surface area contributed by atoms with Crippen LogP contribution >= 0.6 is 0 Å². The number of nitrogens with one attached hydrogen (secondary N) is 1. The van der Waals surface area contributed by atoms with Gasteiger partial charge in [0.05, 0.1) is 53.7 Å². The summed E-state index contributed by atoms with van der Waals surface area (Å²) in [5, 5.41) is 17.8. The highest BCUT2D eigenvalue weighted by atomic mass is 19.3. The summed E-state index contributed by atoms with van der Waals surface area (Å²) in [6, 6.07) is 13.3. The maximum atomic E-state index is 15.0. The van der Waals surface area contributed by atoms with Crippen molar-refractivity contribution < 1.29 is 23.0 Å². The summed E-state index contributed by atoms with van der Waals surface area (Å²) in [5.74, 6) is -1.84. The highest BCUT2D eigenvalue weighted by molar-refractivity contribution is 6.01. The average Bonchev–Trinajstić information content (AvgIpc) is 3.44. The second-order valence-corrected chi connectivity index (χ2v) is 10.2. The van der Waals surface area contributed by atoms with E-state index < -0.39 is 18.6 Å². The molecule has 0 bridgehead atoms. The van der Waals surface area contributed by atoms with Crippen LogP contribution in [0.5, 0.6) is 23.1 Å². The first-order valence-electron chi connectivity index (χ1n) is 13.2. The number of pyridine rings is 3. The zero-order valence-electron chi connectivity index (χ0n) is 23.1. The number of hydrogen-bond donors (Lipinski definition) is 1. The number of nitriles is 1. The van der Waals surface area contributed by atoms with E-state index in [-0.39, 0.29) is 23.6 Å². The Kier molecular flexibility index (Phi) is 6.96. The lowest BCUT2D eigenvalue weighted by atomic mass is 10.0. The molecule has 1 aromatic carbocycles. The van der Waals surface area contributed by atoms with Crippen LogP contribution in [0.2, 0.25) is 0 Å². The second-order valence-electron chi connectivity index (χ2n) is 10.2. The van der Waals surface area contributed by atoms with Crippen molar-refractivity contribution in [3.05, 3.63) is 72.3 Å². The van der Waals surface area contributed by atoms with Crippen LogP contribution in [0.3, 0.4) is 0 Å². The number of alkyl halides is 2. The zero-order chi connectivity index (χ0) is 29.4. The van der Waals surface area contributed by atoms with Crippen LogP contribution in [-0.2, 0) is 0 Å². The van der Waals surface area contributed by atoms with Gasteiger partial charge in [-0.25, -0.2) is 18.3 Å². The van der Waals surface area contributed by atoms with Gasteiger partial charge in [0.1, 0.15) is 17.6 Å². The number of halogens is 2. The monoisotopic (exact) mass is 571 g/mol. The molecular weight excluding hydrogens is 544 g/mol. The van der Waals surface area contributed by atoms with E-state index >= 15 is 8.78 Å². The molecule has 0 unspecified atom stereocenters. The summed E-state index contributed by atoms with van der Waals surface area (Å²) in [6.45, 7) is 1.90. The molecule has 1 atom stereocenters. The molecule has 12 heteroatoms. The average molecular weight is 572 g/mol. The molecule has 1 aliphatic rings. The molecule has 0 radical (unpaired) electrons. The van der Waals surface area contributed by atoms with Gasteiger partial charge in [-0.2, -0.15) is 10.4 Å². The fourth-order valence-corrected chi connectivity index (χ4v) is 5.05. The van der Waals surface area contributed by atoms with Gasteiger partial charge in [-0.3, -0.25) is 4.98 Å². The van der Waals surface area contributed by atoms with Crippen LogP contribution in [0.1, 0.15) is 17.5 Å². The Labute approximate surface area is 240 Å². The van der Waals surface area contributed by atoms with Gasteiger partial charge in [0, 0.05) is 31.0 Å². The van der Waals surface area contributed by atoms with E-state index in [0.717, 1.165) is 11.1 Å². The number of rotatable bonds is 7. The minimum Gasteiger partial charge on any atom is -0.478 e. The van der Waals surface area contributed by atoms with E-state index in [0.29, 0.717) is 40.3 Å². The predicted molar refractivity (Wildman–Crippen MR) is 152 cm³/mol. The maximum Gasteiger partial charge on any atom is 0.296 e. The van der Waals surface area contributed by atoms with E-state index in [9.17, 15) is 5.26 Å². The maximum absolute atomic E-state index is 15.0. The number of methoxy groups -OCH3 is 1. The number of benzene rings is 1. The van der Waals surface area contributed by atoms with Crippen molar-refractivity contribution in [2.45, 2.75) is 25.4 Å². The molecule has 6 rings (SSSR count). The lowest BCUT2D eigenvalue weighted by Gasteiger charge is -2.36. The van der Waals surface area contributed by atoms with Crippen LogP contribution in [0.15, 0.2) is 61.2 Å². The SMILES string of the molecule is COc1ncc2ncc(C#N)c(Nc3ccc(Oc4ccc5ccnn5c4)c(C)c3)c2c1O[C@H]1CCN(C)CC1(F)F. The van der Waals surface area contributed by atoms with Crippen molar-refractivity contribution in [2.75, 3.05) is 32.6 Å². The molecule has 1 saturated heterocycles. The van der Waals surface area contributed by atoms with Crippen molar-refractivity contribution in [3.8, 4) is 29.2 Å². The lowest BCUT2D eigenvalue weighted by molar-refractivity contribution is -0.135. The number of ether oxygens (including phenoxy) is 3. The second kappa shape index (κ2) is 10.8. The Bertz CT molecular complexity index is 1840. The molecule has 0 amide bonds. The molecule has 5 heterocycles. The van der Waals surface area contributed by atoms with Crippen LogP contribution in [0.25, 0.3) is 16.4 Å². The third kappa shape index (κ3) is 5.10. The first-order valence-corrected chi connectivity index (χ1v) is 13.2. The van der Waals surface area contributed by atoms with Gasteiger partial charge in [0.25, 0.3) is 11.8 Å². The predicted octanol–water partition coefficient (Wildman–Crippen LogP) is 5.72. The van der Waals surface area contributed by atoms with Gasteiger partial charge in [-0.15, -0.1) is 0 Å². The number of nitrogens with zero attached hydrogens (tertiary/aromatic N) is 6. The van der Waals surface area contributed by atoms with Crippen molar-refractivity contribution in [1.29, 1.82) is 5.26 Å². The number of anilines is 2. The van der Waals surface area contributed by atoms with Gasteiger partial charge in [-0.1, -0.05) is 0 Å². The van der Waals surface area contributed by atoms with Crippen molar-refractivity contribution in [2.24, 2.45) is 0 Å². The zero-order valence-corrected chi connectivity index (χ0v) is 23.1. The normalized spacial score (nSPS) is 16.7. The number of piperidine rings is 1. The minimum atomic E-state index is -3.11. The highest BCUT2D eigenvalue weighted by Crippen LogP contribution is 2.43. The van der Waals surface area contributed by atoms with Crippen molar-refractivity contribution >= 4 is 27.8 Å². The smallest absolute Gasteiger partial charge is 0.296 e. The molecule has 0 saturated carbocycles. The largest absolute Gasteiger partial charge is 0.478 e. The molecule has 4 aromatic heterocycles. The minimum absolute atomic E-state index is 0.00187. The fraction of sp³-hybridized carbons (Fsp3) is 0.267. The van der Waals surface area contributed by atoms with Crippen LogP contribution in [-0.4, -0.2) is 63.8 Å². The van der Waals surface area contributed by atoms with Gasteiger partial charge in [0.15, 0.2) is 11.9 Å². The van der Waals surface area contributed by atoms with Crippen molar-refractivity contribution in [1.82, 2.24) is 24.5 Å². The van der Waals surface area contributed by atoms with E-state index in [1.807, 2.05) is 31.2 Å². The molecule has 0 spiro atoms. The third-order valence-electron chi connectivity index (χ3n) is 7.17. The Morgan fingerprint density at radius 3 is 2.76 bits per heavy atom. The Hall–Kier alpha value is -5.02. The Morgan fingerprint density at radius 1 is 1.14 bits per heavy atom. The highest BCUT2D eigenvalue weighted by Gasteiger charge is 2.46. The van der Waals surface area contributed by atoms with E-state index in [4.69, 9.17) is 14.2 Å². The van der Waals surface area contributed by atoms with Crippen LogP contribution in [0.4, 0.5) is 20.2 Å². The molecule has 42 heavy (non-hydrogen) atoms. The summed E-state index contributed by atoms with van der Waals surface area (Å²) < 4.78 is 49.2. The van der Waals surface area contributed by atoms with Gasteiger partial charge < -0.3 is 24.4 Å². The topological polar surface area (TPSA) is 110 Å². The Balaban J connectivity index is 1.37. The standard InChI is InChI=1S/C30H27F2N7O3/c1-18-12-20(4-7-24(18)41-22-6-5-21-8-10-36-39(21)16-22)37-27-19(13-33)14-34-23-15-35-29(40-3)28(26(23)27)42-25-9-11-38(2)17-30(25,31)32/h4-8,10,12,14-16,25H,9,11,17H2,1-3H3,(H,34,37)/t25-/m0/s1. The van der Waals surface area contributed by atoms with Gasteiger partial charge in [-0.05, 0) is 55.9 Å². The summed E-state index contributed by atoms with van der Waals surface area (Å²) in [5.41, 5.74) is 3.30. The van der Waals surface area contributed by atoms with Crippen LogP contribution < -0.4 is 19.5 Å². The number of aryl methyl sites for hydroxylation is 1. The van der Waals surface area contributed by atoms with E-state index in [1.165, 1.54) is 19.5 Å².